The van der Waals surface area contributed by atoms with Gasteiger partial charge >= 0.3 is 14.6 Å². The van der Waals surface area contributed by atoms with Crippen LogP contribution in [0.25, 0.3) is 0 Å². The lowest BCUT2D eigenvalue weighted by atomic mass is 10.1. The molecule has 3 heterocycles. The number of carbonyl (C=O) groups excluding carboxylic acids is 2. The van der Waals surface area contributed by atoms with E-state index in [9.17, 15) is 14.5 Å². The van der Waals surface area contributed by atoms with Crippen LogP contribution in [0.1, 0.15) is 194 Å². The Balaban J connectivity index is 0.000000775. The Labute approximate surface area is 323 Å². The molecule has 3 saturated heterocycles. The Morgan fingerprint density at radius 2 is 1.23 bits per heavy atom. The van der Waals surface area contributed by atoms with Crippen LogP contribution < -0.4 is 5.32 Å². The van der Waals surface area contributed by atoms with E-state index >= 15 is 0 Å². The van der Waals surface area contributed by atoms with Gasteiger partial charge < -0.3 is 28.7 Å². The summed E-state index contributed by atoms with van der Waals surface area (Å²) in [6, 6.07) is 0. The molecule has 0 aliphatic carbocycles. The SMILES string of the molecule is CCCCCC1C2C3CS132.CCCCCCCCCCCCCOCC(COC(=O)CCCCCCCCCCCCC)OP(O)OCCNC=O. The average Bonchev–Trinajstić information content (AvgIpc) is 4.09. The Morgan fingerprint density at radius 1 is 0.731 bits per heavy atom. The van der Waals surface area contributed by atoms with Crippen molar-refractivity contribution in [2.45, 2.75) is 216 Å². The Kier molecular flexibility index (Phi) is 29.1. The van der Waals surface area contributed by atoms with Crippen LogP contribution in [-0.4, -0.2) is 77.9 Å². The third-order valence-electron chi connectivity index (χ3n) is 11.0. The molecule has 0 bridgehead atoms. The molecule has 1 amide bonds. The quantitative estimate of drug-likeness (QED) is 0.0211. The van der Waals surface area contributed by atoms with Crippen molar-refractivity contribution >= 4 is 31.0 Å². The normalized spacial score (nSPS) is 22.9. The van der Waals surface area contributed by atoms with Gasteiger partial charge in [-0.3, -0.25) is 9.59 Å². The second-order valence-corrected chi connectivity index (χ2v) is 20.4. The minimum absolute atomic E-state index is 0.0183. The van der Waals surface area contributed by atoms with Gasteiger partial charge in [0.1, 0.15) is 12.7 Å². The van der Waals surface area contributed by atoms with E-state index in [1.54, 1.807) is 18.6 Å². The number of amides is 1. The van der Waals surface area contributed by atoms with E-state index in [1.165, 1.54) is 138 Å². The van der Waals surface area contributed by atoms with Crippen molar-refractivity contribution in [3.8, 4) is 0 Å². The first-order valence-corrected chi connectivity index (χ1v) is 25.1. The van der Waals surface area contributed by atoms with Crippen LogP contribution >= 0.6 is 18.6 Å². The van der Waals surface area contributed by atoms with Gasteiger partial charge in [0.2, 0.25) is 6.41 Å². The van der Waals surface area contributed by atoms with Crippen molar-refractivity contribution in [2.24, 2.45) is 0 Å². The molecule has 3 aliphatic rings. The number of hydrogen-bond donors (Lipinski definition) is 2. The number of rotatable bonds is 39. The van der Waals surface area contributed by atoms with Crippen molar-refractivity contribution in [2.75, 3.05) is 38.7 Å². The summed E-state index contributed by atoms with van der Waals surface area (Å²) >= 11 is 0. The number of nitrogens with one attached hydrogen (secondary N) is 1. The maximum Gasteiger partial charge on any atom is 0.330 e. The summed E-state index contributed by atoms with van der Waals surface area (Å²) in [6.07, 6.45) is 34.0. The van der Waals surface area contributed by atoms with Crippen molar-refractivity contribution in [3.05, 3.63) is 0 Å². The minimum atomic E-state index is -2.16. The zero-order valence-electron chi connectivity index (χ0n) is 34.0. The predicted octanol–water partition coefficient (Wildman–Crippen LogP) is 11.4. The monoisotopic (exact) mass is 776 g/mol. The molecule has 0 aromatic heterocycles. The van der Waals surface area contributed by atoms with Gasteiger partial charge in [-0.15, -0.1) is 0 Å². The van der Waals surface area contributed by atoms with E-state index in [-0.39, 0.29) is 32.3 Å². The van der Waals surface area contributed by atoms with Gasteiger partial charge in [-0.25, -0.2) is 10.0 Å². The maximum absolute atomic E-state index is 12.3. The van der Waals surface area contributed by atoms with Gasteiger partial charge in [-0.05, 0) is 25.0 Å². The van der Waals surface area contributed by atoms with Gasteiger partial charge in [-0.2, -0.15) is 0 Å². The summed E-state index contributed by atoms with van der Waals surface area (Å²) in [5.41, 5.74) is 0. The van der Waals surface area contributed by atoms with E-state index < -0.39 is 14.7 Å². The van der Waals surface area contributed by atoms with Crippen molar-refractivity contribution in [1.82, 2.24) is 5.32 Å². The molecule has 8 nitrogen and oxygen atoms in total. The Hall–Kier alpha value is -0.440. The molecule has 0 aromatic carbocycles. The Morgan fingerprint density at radius 3 is 1.73 bits per heavy atom. The number of ether oxygens (including phenoxy) is 2. The second-order valence-electron chi connectivity index (χ2n) is 15.6. The lowest BCUT2D eigenvalue weighted by molar-refractivity contribution is -0.147. The molecule has 1 spiro atoms. The van der Waals surface area contributed by atoms with Gasteiger partial charge in [0.05, 0.1) is 13.2 Å². The van der Waals surface area contributed by atoms with Gasteiger partial charge in [0.15, 0.2) is 0 Å². The lowest BCUT2D eigenvalue weighted by Crippen LogP contribution is -2.26. The molecule has 308 valence electrons. The van der Waals surface area contributed by atoms with Crippen LogP contribution in [0.15, 0.2) is 0 Å². The number of esters is 1. The molecule has 10 heteroatoms. The molecule has 0 radical (unpaired) electrons. The van der Waals surface area contributed by atoms with E-state index in [2.05, 4.69) is 26.1 Å². The summed E-state index contributed by atoms with van der Waals surface area (Å²) in [7, 11) is -1.87. The third kappa shape index (κ3) is 22.2. The summed E-state index contributed by atoms with van der Waals surface area (Å²) in [6.45, 7) is 8.06. The number of unbranched alkanes of at least 4 members (excludes halogenated alkanes) is 22. The first-order chi connectivity index (χ1) is 25.5. The van der Waals surface area contributed by atoms with Gasteiger partial charge in [0, 0.05) is 35.3 Å². The standard InChI is InChI=1S/C33H66NO7P.C9H16S/c1-3-5-7-9-11-13-15-17-19-21-23-25-33(36)39-30-32(41-42(37)40-28-26-34-31-35)29-38-27-24-22-20-18-16-14-12-10-8-6-4-2;1-2-3-4-5-7-9-8-6-10(7,8)9/h31-32,37H,3-30H2,1-2H3,(H,34,35);7-9H,2-6H2,1H3. The highest BCUT2D eigenvalue weighted by atomic mass is 32.3. The van der Waals surface area contributed by atoms with E-state index in [4.69, 9.17) is 18.5 Å². The second kappa shape index (κ2) is 31.7. The summed E-state index contributed by atoms with van der Waals surface area (Å²) in [5.74, 6) is 1.47. The maximum atomic E-state index is 12.3. The molecular weight excluding hydrogens is 694 g/mol. The highest BCUT2D eigenvalue weighted by Gasteiger charge is 2.93. The molecule has 6 unspecified atom stereocenters. The van der Waals surface area contributed by atoms with Crippen molar-refractivity contribution in [1.29, 1.82) is 0 Å². The van der Waals surface area contributed by atoms with E-state index in [0.29, 0.717) is 29.5 Å². The molecule has 3 rings (SSSR count). The molecule has 6 atom stereocenters. The molecule has 0 saturated carbocycles. The Bertz CT molecular complexity index is 872. The predicted molar refractivity (Wildman–Crippen MR) is 221 cm³/mol. The first kappa shape index (κ1) is 47.7. The summed E-state index contributed by atoms with van der Waals surface area (Å²) < 4.78 is 22.0. The zero-order chi connectivity index (χ0) is 37.5. The van der Waals surface area contributed by atoms with Crippen molar-refractivity contribution < 1.29 is 33.0 Å². The average molecular weight is 776 g/mol. The van der Waals surface area contributed by atoms with Crippen LogP contribution in [-0.2, 0) is 28.1 Å². The lowest BCUT2D eigenvalue weighted by Gasteiger charge is -2.20. The van der Waals surface area contributed by atoms with Crippen LogP contribution in [0.3, 0.4) is 0 Å². The fourth-order valence-electron chi connectivity index (χ4n) is 7.49. The fourth-order valence-corrected chi connectivity index (χ4v) is 13.5. The molecule has 52 heavy (non-hydrogen) atoms. The zero-order valence-corrected chi connectivity index (χ0v) is 35.7. The van der Waals surface area contributed by atoms with Crippen LogP contribution in [0.5, 0.6) is 0 Å². The topological polar surface area (TPSA) is 103 Å². The van der Waals surface area contributed by atoms with Gasteiger partial charge in [-0.1, -0.05) is 168 Å². The smallest absolute Gasteiger partial charge is 0.330 e. The highest BCUT2D eigenvalue weighted by Crippen LogP contribution is 3.09. The largest absolute Gasteiger partial charge is 0.463 e. The van der Waals surface area contributed by atoms with Crippen LogP contribution in [0.2, 0.25) is 0 Å². The highest BCUT2D eigenvalue weighted by molar-refractivity contribution is 8.54. The van der Waals surface area contributed by atoms with Gasteiger partial charge in [0.25, 0.3) is 0 Å². The number of carbonyl (C=O) groups is 2. The number of hydrogen-bond acceptors (Lipinski definition) is 7. The third-order valence-corrected chi connectivity index (χ3v) is 16.7. The van der Waals surface area contributed by atoms with Crippen LogP contribution in [0, 0.1) is 0 Å². The van der Waals surface area contributed by atoms with Crippen molar-refractivity contribution in [3.63, 3.8) is 0 Å². The molecule has 2 N–H and O–H groups in total. The summed E-state index contributed by atoms with van der Waals surface area (Å²) in [5, 5.41) is 6.52. The molecular formula is C42H82NO7PS. The summed E-state index contributed by atoms with van der Waals surface area (Å²) in [4.78, 5) is 32.7. The first-order valence-electron chi connectivity index (χ1n) is 22.0. The minimum Gasteiger partial charge on any atom is -0.463 e. The molecule has 3 fully saturated rings. The van der Waals surface area contributed by atoms with Crippen LogP contribution in [0.4, 0.5) is 0 Å². The van der Waals surface area contributed by atoms with E-state index in [0.717, 1.165) is 32.1 Å². The fraction of sp³-hybridized carbons (Fsp3) is 0.952. The molecule has 3 aliphatic heterocycles. The molecule has 0 aromatic rings. The number of fused-ring (bicyclic) bond motifs is 1. The van der Waals surface area contributed by atoms with E-state index in [1.807, 2.05) is 0 Å².